The number of rotatable bonds is 17. The molecule has 1 saturated heterocycles. The molecule has 0 aliphatic carbocycles. The van der Waals surface area contributed by atoms with Gasteiger partial charge in [0, 0.05) is 68.3 Å². The molecule has 1 fully saturated rings. The Kier molecular flexibility index (Phi) is 21.6. The van der Waals surface area contributed by atoms with Gasteiger partial charge in [0.05, 0.1) is 12.7 Å². The average Bonchev–Trinajstić information content (AvgIpc) is 4.10. The number of nitrogens with zero attached hydrogens (tertiary/aromatic N) is 2. The number of carbonyl (C=O) groups is 9. The number of unbranched alkanes of at least 4 members (excludes halogenated alkanes) is 1. The fourth-order valence-corrected chi connectivity index (χ4v) is 9.15. The van der Waals surface area contributed by atoms with Crippen molar-refractivity contribution in [1.29, 1.82) is 0 Å². The number of para-hydroxylation sites is 1. The van der Waals surface area contributed by atoms with Gasteiger partial charge in [-0.3, -0.25) is 48.1 Å². The van der Waals surface area contributed by atoms with Crippen LogP contribution in [0.2, 0.25) is 0 Å². The van der Waals surface area contributed by atoms with Gasteiger partial charge >= 0.3 is 0 Å². The fourth-order valence-electron chi connectivity index (χ4n) is 9.15. The first-order valence-electron chi connectivity index (χ1n) is 26.2. The normalized spacial score (nSPS) is 20.9. The second-order valence-corrected chi connectivity index (χ2v) is 19.4. The molecule has 24 nitrogen and oxygen atoms in total. The average molecular weight is 1070 g/mol. The molecule has 16 N–H and O–H groups in total. The Hall–Kier alpha value is -8.83. The molecule has 3 aromatic carbocycles. The first-order valence-corrected chi connectivity index (χ1v) is 26.2. The predicted molar refractivity (Wildman–Crippen MR) is 291 cm³/mol. The molecule has 2 aromatic heterocycles. The number of amides is 9. The third kappa shape index (κ3) is 17.6. The van der Waals surface area contributed by atoms with Crippen molar-refractivity contribution >= 4 is 80.8 Å². The van der Waals surface area contributed by atoms with Gasteiger partial charge < -0.3 is 69.7 Å². The SMILES string of the molecule is CCCC[C@H](NC(C)=O)C(=O)N[C@H]1CC(=O)NCCCCC(C(N)=O)NC(=O)[C@H](Cc2c[nH]c3ccccc23)NC(=O)[C@H](CCCN=C(N)N)NC(=O)C(Cc2ccc3ccccc3c2)NC(=O)[C@H](Cc2cnc[nH]2)NC1=O. The second kappa shape index (κ2) is 28.9. The van der Waals surface area contributed by atoms with Crippen LogP contribution in [0.3, 0.4) is 0 Å². The maximum absolute atomic E-state index is 15.0. The van der Waals surface area contributed by atoms with Crippen molar-refractivity contribution in [3.05, 3.63) is 102 Å². The molecule has 1 aliphatic heterocycles. The number of hydrogen-bond acceptors (Lipinski definition) is 11. The quantitative estimate of drug-likeness (QED) is 0.0330. The van der Waals surface area contributed by atoms with Gasteiger partial charge in [0.2, 0.25) is 53.2 Å². The van der Waals surface area contributed by atoms with E-state index in [2.05, 4.69) is 62.5 Å². The zero-order valence-electron chi connectivity index (χ0n) is 43.8. The zero-order chi connectivity index (χ0) is 56.1. The molecule has 6 rings (SSSR count). The first-order chi connectivity index (χ1) is 37.5. The number of H-pyrrole nitrogens is 2. The Labute approximate surface area is 450 Å². The van der Waals surface area contributed by atoms with Gasteiger partial charge in [-0.15, -0.1) is 0 Å². The molecule has 0 radical (unpaired) electrons. The van der Waals surface area contributed by atoms with Crippen molar-refractivity contribution < 1.29 is 43.2 Å². The number of aromatic amines is 2. The molecular weight excluding hydrogens is 1000 g/mol. The van der Waals surface area contributed by atoms with Crippen LogP contribution in [0.5, 0.6) is 0 Å². The van der Waals surface area contributed by atoms with Crippen molar-refractivity contribution in [2.24, 2.45) is 22.2 Å². The molecule has 416 valence electrons. The Morgan fingerprint density at radius 1 is 0.744 bits per heavy atom. The summed E-state index contributed by atoms with van der Waals surface area (Å²) in [5.74, 6) is -7.13. The van der Waals surface area contributed by atoms with Crippen molar-refractivity contribution in [3.63, 3.8) is 0 Å². The highest BCUT2D eigenvalue weighted by atomic mass is 16.2. The maximum Gasteiger partial charge on any atom is 0.243 e. The number of aromatic nitrogens is 3. The molecule has 7 atom stereocenters. The Bertz CT molecular complexity index is 2940. The van der Waals surface area contributed by atoms with E-state index >= 15 is 0 Å². The van der Waals surface area contributed by atoms with Gasteiger partial charge in [-0.05, 0) is 66.5 Å². The fraction of sp³-hybridized carbons (Fsp3) is 0.426. The number of fused-ring (bicyclic) bond motifs is 2. The summed E-state index contributed by atoms with van der Waals surface area (Å²) in [5.41, 5.74) is 19.5. The number of guanidine groups is 1. The van der Waals surface area contributed by atoms with E-state index in [-0.39, 0.29) is 76.8 Å². The summed E-state index contributed by atoms with van der Waals surface area (Å²) in [6.07, 6.45) is 5.65. The van der Waals surface area contributed by atoms with Crippen LogP contribution >= 0.6 is 0 Å². The van der Waals surface area contributed by atoms with Crippen LogP contribution in [0, 0.1) is 0 Å². The van der Waals surface area contributed by atoms with Crippen LogP contribution in [0.25, 0.3) is 21.7 Å². The molecule has 24 heteroatoms. The Morgan fingerprint density at radius 3 is 2.12 bits per heavy atom. The molecular formula is C54H71N15O9. The number of aliphatic imine (C=N–C) groups is 1. The monoisotopic (exact) mass is 1070 g/mol. The summed E-state index contributed by atoms with van der Waals surface area (Å²) in [7, 11) is 0. The van der Waals surface area contributed by atoms with Crippen LogP contribution in [0.1, 0.15) is 88.5 Å². The van der Waals surface area contributed by atoms with Crippen molar-refractivity contribution in [2.45, 2.75) is 133 Å². The summed E-state index contributed by atoms with van der Waals surface area (Å²) in [6, 6.07) is 10.9. The minimum Gasteiger partial charge on any atom is -0.370 e. The molecule has 2 unspecified atom stereocenters. The van der Waals surface area contributed by atoms with Crippen molar-refractivity contribution in [2.75, 3.05) is 13.1 Å². The number of carbonyl (C=O) groups excluding carboxylic acids is 9. The Morgan fingerprint density at radius 2 is 1.41 bits per heavy atom. The minimum absolute atomic E-state index is 0.0366. The molecule has 9 amide bonds. The van der Waals surface area contributed by atoms with Gasteiger partial charge in [-0.2, -0.15) is 0 Å². The summed E-state index contributed by atoms with van der Waals surface area (Å²) in [6.45, 7) is 3.25. The summed E-state index contributed by atoms with van der Waals surface area (Å²) < 4.78 is 0. The highest BCUT2D eigenvalue weighted by Crippen LogP contribution is 2.21. The lowest BCUT2D eigenvalue weighted by atomic mass is 9.99. The van der Waals surface area contributed by atoms with Gasteiger partial charge in [0.15, 0.2) is 5.96 Å². The van der Waals surface area contributed by atoms with E-state index in [4.69, 9.17) is 17.2 Å². The van der Waals surface area contributed by atoms with Crippen LogP contribution in [0.4, 0.5) is 0 Å². The molecule has 3 heterocycles. The molecule has 0 saturated carbocycles. The maximum atomic E-state index is 15.0. The summed E-state index contributed by atoms with van der Waals surface area (Å²) in [4.78, 5) is 140. The number of imidazole rings is 1. The highest BCUT2D eigenvalue weighted by Gasteiger charge is 2.35. The lowest BCUT2D eigenvalue weighted by molar-refractivity contribution is -0.136. The minimum atomic E-state index is -1.59. The molecule has 5 aromatic rings. The van der Waals surface area contributed by atoms with Crippen LogP contribution < -0.4 is 59.7 Å². The van der Waals surface area contributed by atoms with E-state index in [9.17, 15) is 43.2 Å². The highest BCUT2D eigenvalue weighted by molar-refractivity contribution is 5.99. The topological polar surface area (TPSA) is 385 Å². The zero-order valence-corrected chi connectivity index (χ0v) is 43.8. The number of benzene rings is 3. The van der Waals surface area contributed by atoms with Crippen molar-refractivity contribution in [1.82, 2.24) is 57.5 Å². The third-order valence-electron chi connectivity index (χ3n) is 13.3. The van der Waals surface area contributed by atoms with Gasteiger partial charge in [0.1, 0.15) is 42.3 Å². The van der Waals surface area contributed by atoms with E-state index in [0.29, 0.717) is 29.7 Å². The third-order valence-corrected chi connectivity index (χ3v) is 13.3. The first kappa shape index (κ1) is 58.4. The van der Waals surface area contributed by atoms with Crippen LogP contribution in [-0.2, 0) is 62.4 Å². The Balaban J connectivity index is 1.41. The smallest absolute Gasteiger partial charge is 0.243 e. The van der Waals surface area contributed by atoms with E-state index in [1.165, 1.54) is 19.4 Å². The van der Waals surface area contributed by atoms with E-state index in [1.54, 1.807) is 12.3 Å². The van der Waals surface area contributed by atoms with E-state index in [1.807, 2.05) is 67.6 Å². The molecule has 0 spiro atoms. The van der Waals surface area contributed by atoms with Gasteiger partial charge in [-0.25, -0.2) is 4.98 Å². The molecule has 1 aliphatic rings. The second-order valence-electron chi connectivity index (χ2n) is 19.4. The lowest BCUT2D eigenvalue weighted by Gasteiger charge is -2.28. The summed E-state index contributed by atoms with van der Waals surface area (Å²) in [5, 5.41) is 24.3. The summed E-state index contributed by atoms with van der Waals surface area (Å²) >= 11 is 0. The van der Waals surface area contributed by atoms with Crippen molar-refractivity contribution in [3.8, 4) is 0 Å². The molecule has 78 heavy (non-hydrogen) atoms. The van der Waals surface area contributed by atoms with Gasteiger partial charge in [-0.1, -0.05) is 80.4 Å². The largest absolute Gasteiger partial charge is 0.370 e. The number of primary amides is 1. The number of nitrogens with one attached hydrogen (secondary N) is 10. The lowest BCUT2D eigenvalue weighted by Crippen LogP contribution is -2.61. The van der Waals surface area contributed by atoms with Gasteiger partial charge in [0.25, 0.3) is 0 Å². The van der Waals surface area contributed by atoms with Crippen LogP contribution in [0.15, 0.2) is 90.4 Å². The number of nitrogens with two attached hydrogens (primary N) is 3. The van der Waals surface area contributed by atoms with Crippen LogP contribution in [-0.4, -0.2) is 129 Å². The predicted octanol–water partition coefficient (Wildman–Crippen LogP) is -0.0951. The number of hydrogen-bond donors (Lipinski definition) is 13. The standard InChI is InChI=1S/C54H71N15O9/c1-3-4-15-40(63-31(2)70)48(73)69-45-27-46(71)59-21-10-9-17-39(47(55)72)64-51(76)43(25-35-28-61-38-16-8-7-14-37(35)38)67-49(74)41(18-11-22-60-54(56)57)65-50(75)42(24-32-19-20-33-12-5-6-13-34(33)23-32)66-52(77)44(68-53(45)78)26-36-29-58-30-62-36/h5-8,12-14,16,19-20,23,28-30,39-45,61H,3-4,9-11,15,17-18,21-22,24-27H2,1-2H3,(H2,55,72)(H,58,62)(H,59,71)(H,63,70)(H,64,76)(H,65,75)(H,66,77)(H,67,74)(H,68,78)(H,69,73)(H4,56,57,60)/t39?,40-,41-,42?,43-,44-,45-/m0/s1. The molecule has 0 bridgehead atoms. The van der Waals surface area contributed by atoms with E-state index < -0.39 is 102 Å². The van der Waals surface area contributed by atoms with E-state index in [0.717, 1.165) is 21.7 Å².